The van der Waals surface area contributed by atoms with Crippen molar-refractivity contribution < 1.29 is 4.74 Å². The van der Waals surface area contributed by atoms with E-state index in [4.69, 9.17) is 10.00 Å². The number of ether oxygens (including phenoxy) is 1. The number of pyridine rings is 1. The first kappa shape index (κ1) is 12.1. The fourth-order valence-corrected chi connectivity index (χ4v) is 2.05. The largest absolute Gasteiger partial charge is 0.497 e. The minimum Gasteiger partial charge on any atom is -0.497 e. The highest BCUT2D eigenvalue weighted by molar-refractivity contribution is 5.69. The van der Waals surface area contributed by atoms with Gasteiger partial charge in [0.25, 0.3) is 0 Å². The third-order valence-corrected chi connectivity index (χ3v) is 2.89. The standard InChI is InChI=1S/C15H14N2O/c1-10-6-13(18-3)7-11(2)15(10)14-5-4-12(8-16)9-17-14/h4-7,9H,1-3H3. The summed E-state index contributed by atoms with van der Waals surface area (Å²) in [6.07, 6.45) is 1.60. The number of hydrogen-bond donors (Lipinski definition) is 0. The summed E-state index contributed by atoms with van der Waals surface area (Å²) < 4.78 is 5.24. The predicted octanol–water partition coefficient (Wildman–Crippen LogP) is 3.25. The molecule has 0 fully saturated rings. The summed E-state index contributed by atoms with van der Waals surface area (Å²) in [4.78, 5) is 4.33. The molecule has 1 aromatic heterocycles. The van der Waals surface area contributed by atoms with E-state index in [0.717, 1.165) is 28.1 Å². The Morgan fingerprint density at radius 1 is 1.17 bits per heavy atom. The van der Waals surface area contributed by atoms with Crippen LogP contribution in [-0.4, -0.2) is 12.1 Å². The topological polar surface area (TPSA) is 45.9 Å². The minimum atomic E-state index is 0.572. The zero-order valence-electron chi connectivity index (χ0n) is 10.7. The molecule has 0 aliphatic rings. The molecule has 0 bridgehead atoms. The molecule has 0 radical (unpaired) electrons. The molecule has 3 nitrogen and oxygen atoms in total. The Bertz CT molecular complexity index is 586. The van der Waals surface area contributed by atoms with Gasteiger partial charge in [0.15, 0.2) is 0 Å². The lowest BCUT2D eigenvalue weighted by atomic mass is 9.99. The Balaban J connectivity index is 2.53. The smallest absolute Gasteiger partial charge is 0.119 e. The summed E-state index contributed by atoms with van der Waals surface area (Å²) in [5.74, 6) is 0.849. The molecule has 2 aromatic rings. The Morgan fingerprint density at radius 2 is 1.83 bits per heavy atom. The molecule has 0 atom stereocenters. The van der Waals surface area contributed by atoms with Crippen molar-refractivity contribution in [3.8, 4) is 23.1 Å². The van der Waals surface area contributed by atoms with Crippen molar-refractivity contribution in [1.82, 2.24) is 4.98 Å². The lowest BCUT2D eigenvalue weighted by Crippen LogP contribution is -1.93. The van der Waals surface area contributed by atoms with Gasteiger partial charge in [0.1, 0.15) is 11.8 Å². The van der Waals surface area contributed by atoms with Crippen LogP contribution in [0, 0.1) is 25.2 Å². The summed E-state index contributed by atoms with van der Waals surface area (Å²) in [6.45, 7) is 4.06. The van der Waals surface area contributed by atoms with Gasteiger partial charge in [-0.05, 0) is 49.2 Å². The quantitative estimate of drug-likeness (QED) is 0.806. The Labute approximate surface area is 107 Å². The van der Waals surface area contributed by atoms with E-state index in [1.54, 1.807) is 19.4 Å². The van der Waals surface area contributed by atoms with Gasteiger partial charge < -0.3 is 4.74 Å². The van der Waals surface area contributed by atoms with Crippen molar-refractivity contribution in [3.63, 3.8) is 0 Å². The van der Waals surface area contributed by atoms with Gasteiger partial charge in [-0.2, -0.15) is 5.26 Å². The molecule has 3 heteroatoms. The van der Waals surface area contributed by atoms with Crippen molar-refractivity contribution in [3.05, 3.63) is 47.2 Å². The first-order valence-electron chi connectivity index (χ1n) is 5.67. The third kappa shape index (κ3) is 2.18. The van der Waals surface area contributed by atoms with E-state index in [9.17, 15) is 0 Å². The number of methoxy groups -OCH3 is 1. The molecule has 0 amide bonds. The van der Waals surface area contributed by atoms with Crippen LogP contribution in [0.1, 0.15) is 16.7 Å². The van der Waals surface area contributed by atoms with Crippen LogP contribution in [0.25, 0.3) is 11.3 Å². The molecule has 2 rings (SSSR count). The Morgan fingerprint density at radius 3 is 2.28 bits per heavy atom. The van der Waals surface area contributed by atoms with Gasteiger partial charge in [0.2, 0.25) is 0 Å². The van der Waals surface area contributed by atoms with Gasteiger partial charge in [-0.3, -0.25) is 4.98 Å². The molecule has 18 heavy (non-hydrogen) atoms. The summed E-state index contributed by atoms with van der Waals surface area (Å²) >= 11 is 0. The normalized spacial score (nSPS) is 9.89. The van der Waals surface area contributed by atoms with Crippen LogP contribution in [0.15, 0.2) is 30.5 Å². The van der Waals surface area contributed by atoms with E-state index in [1.807, 2.05) is 32.0 Å². The average molecular weight is 238 g/mol. The SMILES string of the molecule is COc1cc(C)c(-c2ccc(C#N)cn2)c(C)c1. The monoisotopic (exact) mass is 238 g/mol. The number of aryl methyl sites for hydroxylation is 2. The molecule has 0 saturated heterocycles. The zero-order valence-corrected chi connectivity index (χ0v) is 10.7. The lowest BCUT2D eigenvalue weighted by molar-refractivity contribution is 0.414. The average Bonchev–Trinajstić information content (AvgIpc) is 2.38. The van der Waals surface area contributed by atoms with Crippen LogP contribution < -0.4 is 4.74 Å². The maximum absolute atomic E-state index is 8.77. The number of benzene rings is 1. The molecule has 0 N–H and O–H groups in total. The molecular weight excluding hydrogens is 224 g/mol. The van der Waals surface area contributed by atoms with Crippen molar-refractivity contribution in [2.75, 3.05) is 7.11 Å². The van der Waals surface area contributed by atoms with Crippen LogP contribution in [0.3, 0.4) is 0 Å². The molecule has 90 valence electrons. The zero-order chi connectivity index (χ0) is 13.1. The first-order valence-corrected chi connectivity index (χ1v) is 5.67. The molecule has 0 spiro atoms. The maximum atomic E-state index is 8.77. The fraction of sp³-hybridized carbons (Fsp3) is 0.200. The van der Waals surface area contributed by atoms with Gasteiger partial charge >= 0.3 is 0 Å². The van der Waals surface area contributed by atoms with Crippen LogP contribution in [0.2, 0.25) is 0 Å². The Hall–Kier alpha value is -2.34. The number of rotatable bonds is 2. The van der Waals surface area contributed by atoms with E-state index in [2.05, 4.69) is 11.1 Å². The van der Waals surface area contributed by atoms with Crippen molar-refractivity contribution in [2.24, 2.45) is 0 Å². The van der Waals surface area contributed by atoms with Crippen LogP contribution in [-0.2, 0) is 0 Å². The highest BCUT2D eigenvalue weighted by Gasteiger charge is 2.09. The second-order valence-corrected chi connectivity index (χ2v) is 4.18. The highest BCUT2D eigenvalue weighted by atomic mass is 16.5. The van der Waals surface area contributed by atoms with E-state index in [0.29, 0.717) is 5.56 Å². The van der Waals surface area contributed by atoms with Crippen molar-refractivity contribution >= 4 is 0 Å². The molecule has 0 saturated carbocycles. The highest BCUT2D eigenvalue weighted by Crippen LogP contribution is 2.29. The second kappa shape index (κ2) is 4.89. The van der Waals surface area contributed by atoms with Crippen LogP contribution in [0.5, 0.6) is 5.75 Å². The summed E-state index contributed by atoms with van der Waals surface area (Å²) in [5, 5.41) is 8.77. The second-order valence-electron chi connectivity index (χ2n) is 4.18. The van der Waals surface area contributed by atoms with Crippen LogP contribution >= 0.6 is 0 Å². The lowest BCUT2D eigenvalue weighted by Gasteiger charge is -2.11. The molecule has 0 aliphatic heterocycles. The molecule has 0 aliphatic carbocycles. The summed E-state index contributed by atoms with van der Waals surface area (Å²) in [5.41, 5.74) is 4.78. The van der Waals surface area contributed by atoms with Gasteiger partial charge in [-0.25, -0.2) is 0 Å². The maximum Gasteiger partial charge on any atom is 0.119 e. The van der Waals surface area contributed by atoms with Gasteiger partial charge in [-0.15, -0.1) is 0 Å². The Kier molecular flexibility index (Phi) is 3.29. The molecule has 0 unspecified atom stereocenters. The van der Waals surface area contributed by atoms with Gasteiger partial charge in [-0.1, -0.05) is 0 Å². The van der Waals surface area contributed by atoms with Crippen LogP contribution in [0.4, 0.5) is 0 Å². The van der Waals surface area contributed by atoms with Crippen molar-refractivity contribution in [2.45, 2.75) is 13.8 Å². The predicted molar refractivity (Wildman–Crippen MR) is 70.4 cm³/mol. The molecule has 1 aromatic carbocycles. The number of aromatic nitrogens is 1. The fourth-order valence-electron chi connectivity index (χ4n) is 2.05. The van der Waals surface area contributed by atoms with E-state index < -0.39 is 0 Å². The van der Waals surface area contributed by atoms with E-state index >= 15 is 0 Å². The summed E-state index contributed by atoms with van der Waals surface area (Å²) in [6, 6.07) is 9.71. The number of nitrogens with zero attached hydrogens (tertiary/aromatic N) is 2. The third-order valence-electron chi connectivity index (χ3n) is 2.89. The molecular formula is C15H14N2O. The van der Waals surface area contributed by atoms with Gasteiger partial charge in [0, 0.05) is 11.8 Å². The minimum absolute atomic E-state index is 0.572. The number of nitriles is 1. The molecule has 1 heterocycles. The summed E-state index contributed by atoms with van der Waals surface area (Å²) in [7, 11) is 1.66. The van der Waals surface area contributed by atoms with E-state index in [-0.39, 0.29) is 0 Å². The first-order chi connectivity index (χ1) is 8.65. The number of hydrogen-bond acceptors (Lipinski definition) is 3. The van der Waals surface area contributed by atoms with E-state index in [1.165, 1.54) is 0 Å². The van der Waals surface area contributed by atoms with Crippen molar-refractivity contribution in [1.29, 1.82) is 5.26 Å². The van der Waals surface area contributed by atoms with Gasteiger partial charge in [0.05, 0.1) is 18.4 Å².